The third-order valence-corrected chi connectivity index (χ3v) is 5.20. The fourth-order valence-corrected chi connectivity index (χ4v) is 3.61. The first kappa shape index (κ1) is 19.6. The van der Waals surface area contributed by atoms with Gasteiger partial charge in [0.2, 0.25) is 5.91 Å². The third-order valence-electron chi connectivity index (χ3n) is 5.20. The highest BCUT2D eigenvalue weighted by Gasteiger charge is 2.24. The van der Waals surface area contributed by atoms with Crippen LogP contribution in [0, 0.1) is 0 Å². The van der Waals surface area contributed by atoms with E-state index in [0.717, 1.165) is 43.7 Å². The molecule has 3 rings (SSSR count). The molecule has 7 nitrogen and oxygen atoms in total. The summed E-state index contributed by atoms with van der Waals surface area (Å²) < 4.78 is 4.93. The number of benzene rings is 1. The molecule has 2 aliphatic heterocycles. The van der Waals surface area contributed by atoms with E-state index >= 15 is 0 Å². The van der Waals surface area contributed by atoms with E-state index in [9.17, 15) is 9.59 Å². The number of carbonyl (C=O) groups excluding carboxylic acids is 2. The van der Waals surface area contributed by atoms with Gasteiger partial charge in [-0.2, -0.15) is 0 Å². The maximum absolute atomic E-state index is 12.9. The Kier molecular flexibility index (Phi) is 7.06. The Morgan fingerprint density at radius 3 is 2.78 bits per heavy atom. The van der Waals surface area contributed by atoms with Gasteiger partial charge in [0.05, 0.1) is 13.2 Å². The highest BCUT2D eigenvalue weighted by Crippen LogP contribution is 2.23. The molecule has 27 heavy (non-hydrogen) atoms. The van der Waals surface area contributed by atoms with Crippen LogP contribution in [0.2, 0.25) is 0 Å². The van der Waals surface area contributed by atoms with Gasteiger partial charge in [-0.3, -0.25) is 14.5 Å². The SMILES string of the molecule is COCCNC(=O)CN1CCN(C(=O)c2ccc3c(c2)CCCCN3)CC1. The number of ether oxygens (including phenoxy) is 1. The van der Waals surface area contributed by atoms with Gasteiger partial charge in [-0.25, -0.2) is 0 Å². The van der Waals surface area contributed by atoms with Gasteiger partial charge >= 0.3 is 0 Å². The van der Waals surface area contributed by atoms with E-state index in [-0.39, 0.29) is 11.8 Å². The number of amides is 2. The van der Waals surface area contributed by atoms with Crippen molar-refractivity contribution < 1.29 is 14.3 Å². The van der Waals surface area contributed by atoms with Crippen LogP contribution in [0.3, 0.4) is 0 Å². The van der Waals surface area contributed by atoms with E-state index in [1.54, 1.807) is 7.11 Å². The number of rotatable bonds is 6. The van der Waals surface area contributed by atoms with E-state index in [1.807, 2.05) is 23.1 Å². The number of aryl methyl sites for hydroxylation is 1. The third kappa shape index (κ3) is 5.43. The van der Waals surface area contributed by atoms with E-state index in [4.69, 9.17) is 4.74 Å². The van der Waals surface area contributed by atoms with E-state index in [2.05, 4.69) is 15.5 Å². The summed E-state index contributed by atoms with van der Waals surface area (Å²) in [5.74, 6) is 0.0938. The lowest BCUT2D eigenvalue weighted by molar-refractivity contribution is -0.122. The van der Waals surface area contributed by atoms with Crippen LogP contribution in [0.1, 0.15) is 28.8 Å². The molecule has 0 radical (unpaired) electrons. The summed E-state index contributed by atoms with van der Waals surface area (Å²) in [6, 6.07) is 6.01. The summed E-state index contributed by atoms with van der Waals surface area (Å²) in [5, 5.41) is 6.27. The van der Waals surface area contributed by atoms with Crippen molar-refractivity contribution in [1.29, 1.82) is 0 Å². The first-order valence-electron chi connectivity index (χ1n) is 9.81. The van der Waals surface area contributed by atoms with Crippen LogP contribution in [0.4, 0.5) is 5.69 Å². The Bertz CT molecular complexity index is 657. The molecule has 148 valence electrons. The number of carbonyl (C=O) groups is 2. The van der Waals surface area contributed by atoms with Crippen LogP contribution < -0.4 is 10.6 Å². The van der Waals surface area contributed by atoms with Crippen molar-refractivity contribution in [2.45, 2.75) is 19.3 Å². The zero-order chi connectivity index (χ0) is 19.1. The van der Waals surface area contributed by atoms with Crippen molar-refractivity contribution in [2.24, 2.45) is 0 Å². The monoisotopic (exact) mass is 374 g/mol. The Morgan fingerprint density at radius 1 is 1.19 bits per heavy atom. The molecule has 2 heterocycles. The fourth-order valence-electron chi connectivity index (χ4n) is 3.61. The Labute approximate surface area is 161 Å². The zero-order valence-corrected chi connectivity index (χ0v) is 16.1. The van der Waals surface area contributed by atoms with Gasteiger partial charge in [0.15, 0.2) is 0 Å². The minimum absolute atomic E-state index is 0.00470. The van der Waals surface area contributed by atoms with Gasteiger partial charge in [0, 0.05) is 57.6 Å². The van der Waals surface area contributed by atoms with E-state index < -0.39 is 0 Å². The average molecular weight is 374 g/mol. The molecule has 0 saturated carbocycles. The van der Waals surface area contributed by atoms with Crippen LogP contribution in [0.25, 0.3) is 0 Å². The van der Waals surface area contributed by atoms with Crippen molar-refractivity contribution in [1.82, 2.24) is 15.1 Å². The van der Waals surface area contributed by atoms with Gasteiger partial charge in [-0.05, 0) is 43.0 Å². The Hall–Kier alpha value is -2.12. The number of nitrogens with one attached hydrogen (secondary N) is 2. The molecule has 0 unspecified atom stereocenters. The van der Waals surface area contributed by atoms with Crippen molar-refractivity contribution in [3.63, 3.8) is 0 Å². The molecule has 1 aromatic rings. The second-order valence-corrected chi connectivity index (χ2v) is 7.17. The summed E-state index contributed by atoms with van der Waals surface area (Å²) in [6.07, 6.45) is 3.34. The van der Waals surface area contributed by atoms with Gasteiger partial charge in [0.1, 0.15) is 0 Å². The molecular weight excluding hydrogens is 344 g/mol. The lowest BCUT2D eigenvalue weighted by atomic mass is 10.0. The van der Waals surface area contributed by atoms with E-state index in [0.29, 0.717) is 32.8 Å². The largest absolute Gasteiger partial charge is 0.385 e. The van der Waals surface area contributed by atoms with Crippen LogP contribution in [0.15, 0.2) is 18.2 Å². The van der Waals surface area contributed by atoms with Gasteiger partial charge in [-0.1, -0.05) is 0 Å². The summed E-state index contributed by atoms with van der Waals surface area (Å²) in [7, 11) is 1.61. The van der Waals surface area contributed by atoms with Crippen molar-refractivity contribution in [3.8, 4) is 0 Å². The van der Waals surface area contributed by atoms with Gasteiger partial charge in [0.25, 0.3) is 5.91 Å². The number of nitrogens with zero attached hydrogens (tertiary/aromatic N) is 2. The van der Waals surface area contributed by atoms with Crippen LogP contribution in [0.5, 0.6) is 0 Å². The van der Waals surface area contributed by atoms with Crippen molar-refractivity contribution in [2.75, 3.05) is 64.8 Å². The summed E-state index contributed by atoms with van der Waals surface area (Å²) >= 11 is 0. The molecule has 1 fully saturated rings. The molecular formula is C20H30N4O3. The van der Waals surface area contributed by atoms with Crippen LogP contribution in [-0.2, 0) is 16.0 Å². The molecule has 0 aliphatic carbocycles. The first-order valence-corrected chi connectivity index (χ1v) is 9.81. The predicted molar refractivity (Wildman–Crippen MR) is 105 cm³/mol. The first-order chi connectivity index (χ1) is 13.2. The fraction of sp³-hybridized carbons (Fsp3) is 0.600. The number of fused-ring (bicyclic) bond motifs is 1. The molecule has 0 bridgehead atoms. The minimum Gasteiger partial charge on any atom is -0.385 e. The average Bonchev–Trinajstić information content (AvgIpc) is 2.93. The van der Waals surface area contributed by atoms with Gasteiger partial charge in [-0.15, -0.1) is 0 Å². The molecule has 0 atom stereocenters. The number of methoxy groups -OCH3 is 1. The molecule has 1 saturated heterocycles. The smallest absolute Gasteiger partial charge is 0.253 e. The topological polar surface area (TPSA) is 73.9 Å². The van der Waals surface area contributed by atoms with Gasteiger partial charge < -0.3 is 20.3 Å². The maximum atomic E-state index is 12.9. The molecule has 0 spiro atoms. The second-order valence-electron chi connectivity index (χ2n) is 7.17. The summed E-state index contributed by atoms with van der Waals surface area (Å²) in [4.78, 5) is 28.7. The predicted octanol–water partition coefficient (Wildman–Crippen LogP) is 0.955. The summed E-state index contributed by atoms with van der Waals surface area (Å²) in [5.41, 5.74) is 3.17. The Morgan fingerprint density at radius 2 is 2.00 bits per heavy atom. The zero-order valence-electron chi connectivity index (χ0n) is 16.1. The standard InChI is InChI=1S/C20H30N4O3/c1-27-13-8-22-19(25)15-23-9-11-24(12-10-23)20(26)17-5-6-18-16(14-17)4-2-3-7-21-18/h5-6,14,21H,2-4,7-13,15H2,1H3,(H,22,25). The normalized spacial score (nSPS) is 17.6. The maximum Gasteiger partial charge on any atom is 0.253 e. The van der Waals surface area contributed by atoms with Crippen LogP contribution in [-0.4, -0.2) is 81.1 Å². The van der Waals surface area contributed by atoms with Crippen molar-refractivity contribution in [3.05, 3.63) is 29.3 Å². The van der Waals surface area contributed by atoms with Crippen LogP contribution >= 0.6 is 0 Å². The molecule has 2 N–H and O–H groups in total. The minimum atomic E-state index is 0.00470. The second kappa shape index (κ2) is 9.71. The molecule has 7 heteroatoms. The molecule has 1 aromatic carbocycles. The quantitative estimate of drug-likeness (QED) is 0.726. The number of anilines is 1. The number of piperazine rings is 1. The lowest BCUT2D eigenvalue weighted by Crippen LogP contribution is -2.51. The highest BCUT2D eigenvalue weighted by atomic mass is 16.5. The van der Waals surface area contributed by atoms with Crippen molar-refractivity contribution >= 4 is 17.5 Å². The summed E-state index contributed by atoms with van der Waals surface area (Å²) in [6.45, 7) is 5.16. The highest BCUT2D eigenvalue weighted by molar-refractivity contribution is 5.95. The Balaban J connectivity index is 1.50. The lowest BCUT2D eigenvalue weighted by Gasteiger charge is -2.34. The molecule has 2 aliphatic rings. The number of hydrogen-bond donors (Lipinski definition) is 2. The van der Waals surface area contributed by atoms with E-state index in [1.165, 1.54) is 12.0 Å². The molecule has 0 aromatic heterocycles. The number of hydrogen-bond acceptors (Lipinski definition) is 5. The molecule has 2 amide bonds.